The Labute approximate surface area is 169 Å². The van der Waals surface area contributed by atoms with E-state index in [9.17, 15) is 22.8 Å². The quantitative estimate of drug-likeness (QED) is 0.660. The summed E-state index contributed by atoms with van der Waals surface area (Å²) in [6, 6.07) is 4.87. The van der Waals surface area contributed by atoms with Gasteiger partial charge in [0.15, 0.2) is 6.61 Å². The van der Waals surface area contributed by atoms with Crippen LogP contribution in [0, 0.1) is 6.92 Å². The molecule has 3 amide bonds. The number of benzene rings is 1. The number of urea groups is 1. The minimum absolute atomic E-state index is 0.0909. The minimum Gasteiger partial charge on any atom is -0.454 e. The van der Waals surface area contributed by atoms with E-state index in [1.165, 1.54) is 12.1 Å². The van der Waals surface area contributed by atoms with Gasteiger partial charge in [0.25, 0.3) is 5.91 Å². The molecule has 2 N–H and O–H groups in total. The van der Waals surface area contributed by atoms with Gasteiger partial charge in [-0.3, -0.25) is 14.9 Å². The number of hydrogen-bond donors (Lipinski definition) is 2. The first-order valence-corrected chi connectivity index (χ1v) is 11.1. The van der Waals surface area contributed by atoms with E-state index in [0.29, 0.717) is 19.3 Å². The van der Waals surface area contributed by atoms with Crippen molar-refractivity contribution in [2.75, 3.05) is 13.2 Å². The summed E-state index contributed by atoms with van der Waals surface area (Å²) < 4.78 is 32.1. The summed E-state index contributed by atoms with van der Waals surface area (Å²) in [6.07, 6.45) is 3.38. The van der Waals surface area contributed by atoms with Gasteiger partial charge in [-0.15, -0.1) is 0 Å². The topological polar surface area (TPSA) is 122 Å². The first-order chi connectivity index (χ1) is 13.8. The molecule has 1 atom stereocenters. The number of hydrogen-bond acceptors (Lipinski definition) is 6. The van der Waals surface area contributed by atoms with Crippen LogP contribution in [0.15, 0.2) is 29.2 Å². The fourth-order valence-corrected chi connectivity index (χ4v) is 4.77. The Morgan fingerprint density at radius 3 is 2.45 bits per heavy atom. The van der Waals surface area contributed by atoms with Crippen LogP contribution in [0.1, 0.15) is 37.7 Å². The smallest absolute Gasteiger partial charge is 0.324 e. The summed E-state index contributed by atoms with van der Waals surface area (Å²) in [7, 11) is -3.87. The third-order valence-corrected chi connectivity index (χ3v) is 6.79. The Morgan fingerprint density at radius 1 is 1.10 bits per heavy atom. The summed E-state index contributed by atoms with van der Waals surface area (Å²) in [5, 5.41) is 4.67. The Balaban J connectivity index is 1.60. The van der Waals surface area contributed by atoms with Crippen molar-refractivity contribution < 1.29 is 27.5 Å². The fraction of sp³-hybridized carbons (Fsp3) is 0.526. The van der Waals surface area contributed by atoms with Crippen molar-refractivity contribution in [3.8, 4) is 0 Å². The second-order valence-electron chi connectivity index (χ2n) is 7.34. The van der Waals surface area contributed by atoms with Crippen molar-refractivity contribution >= 4 is 27.9 Å². The van der Waals surface area contributed by atoms with Crippen LogP contribution >= 0.6 is 0 Å². The number of rotatable bonds is 6. The number of aryl methyl sites for hydroxylation is 1. The lowest BCUT2D eigenvalue weighted by Crippen LogP contribution is -2.49. The van der Waals surface area contributed by atoms with Crippen LogP contribution in [0.4, 0.5) is 4.79 Å². The Kier molecular flexibility index (Phi) is 6.53. The monoisotopic (exact) mass is 423 g/mol. The van der Waals surface area contributed by atoms with Gasteiger partial charge >= 0.3 is 12.0 Å². The molecule has 1 saturated heterocycles. The number of esters is 1. The zero-order valence-electron chi connectivity index (χ0n) is 16.2. The molecule has 158 valence electrons. The lowest BCUT2D eigenvalue weighted by Gasteiger charge is -2.32. The maximum absolute atomic E-state index is 13.0. The van der Waals surface area contributed by atoms with E-state index in [4.69, 9.17) is 4.74 Å². The molecule has 1 saturated carbocycles. The molecule has 1 aromatic rings. The zero-order valence-corrected chi connectivity index (χ0v) is 17.0. The van der Waals surface area contributed by atoms with Crippen molar-refractivity contribution in [3.05, 3.63) is 29.8 Å². The third kappa shape index (κ3) is 5.54. The van der Waals surface area contributed by atoms with Crippen molar-refractivity contribution in [1.29, 1.82) is 0 Å². The molecule has 1 heterocycles. The zero-order chi connectivity index (χ0) is 21.0. The van der Waals surface area contributed by atoms with Crippen molar-refractivity contribution in [2.24, 2.45) is 0 Å². The molecule has 29 heavy (non-hydrogen) atoms. The van der Waals surface area contributed by atoms with Gasteiger partial charge in [0, 0.05) is 12.6 Å². The summed E-state index contributed by atoms with van der Waals surface area (Å²) in [5.41, 5.74) is 0.926. The molecule has 0 radical (unpaired) electrons. The number of piperidine rings is 1. The molecule has 2 aliphatic rings. The molecular weight excluding hydrogens is 398 g/mol. The summed E-state index contributed by atoms with van der Waals surface area (Å²) in [5.74, 6) is -1.56. The van der Waals surface area contributed by atoms with Crippen molar-refractivity contribution in [1.82, 2.24) is 14.9 Å². The average Bonchev–Trinajstić information content (AvgIpc) is 3.50. The second kappa shape index (κ2) is 8.91. The summed E-state index contributed by atoms with van der Waals surface area (Å²) >= 11 is 0. The van der Waals surface area contributed by atoms with E-state index in [2.05, 4.69) is 10.6 Å². The Hall–Kier alpha value is -2.46. The van der Waals surface area contributed by atoms with Crippen LogP contribution in [0.2, 0.25) is 0 Å². The lowest BCUT2D eigenvalue weighted by molar-refractivity contribution is -0.152. The highest BCUT2D eigenvalue weighted by molar-refractivity contribution is 7.89. The largest absolute Gasteiger partial charge is 0.454 e. The lowest BCUT2D eigenvalue weighted by atomic mass is 10.1. The number of carbonyl (C=O) groups is 3. The number of imide groups is 1. The van der Waals surface area contributed by atoms with Gasteiger partial charge in [0.05, 0.1) is 4.90 Å². The van der Waals surface area contributed by atoms with Crippen molar-refractivity contribution in [3.63, 3.8) is 0 Å². The van der Waals surface area contributed by atoms with Gasteiger partial charge in [-0.1, -0.05) is 17.7 Å². The van der Waals surface area contributed by atoms with Crippen LogP contribution < -0.4 is 10.6 Å². The van der Waals surface area contributed by atoms with Gasteiger partial charge in [-0.25, -0.2) is 13.2 Å². The van der Waals surface area contributed by atoms with Crippen LogP contribution in [0.3, 0.4) is 0 Å². The van der Waals surface area contributed by atoms with Crippen LogP contribution in [-0.2, 0) is 24.3 Å². The highest BCUT2D eigenvalue weighted by Crippen LogP contribution is 2.26. The fourth-order valence-electron chi connectivity index (χ4n) is 3.12. The average molecular weight is 423 g/mol. The van der Waals surface area contributed by atoms with Crippen LogP contribution in [-0.4, -0.2) is 55.9 Å². The molecule has 9 nitrogen and oxygen atoms in total. The Morgan fingerprint density at radius 2 is 1.79 bits per heavy atom. The summed E-state index contributed by atoms with van der Waals surface area (Å²) in [6.45, 7) is 1.41. The Bertz CT molecular complexity index is 880. The second-order valence-corrected chi connectivity index (χ2v) is 9.23. The molecule has 3 rings (SSSR count). The number of nitrogens with one attached hydrogen (secondary N) is 2. The molecular formula is C19H25N3O6S. The van der Waals surface area contributed by atoms with E-state index in [0.717, 1.165) is 22.7 Å². The number of amides is 3. The van der Waals surface area contributed by atoms with E-state index in [-0.39, 0.29) is 17.5 Å². The standard InChI is InChI=1S/C19H25N3O6S/c1-13-5-9-15(10-6-13)29(26,27)22-11-3-2-4-16(22)18(24)28-12-17(23)21-19(25)20-14-7-8-14/h5-6,9-10,14,16H,2-4,7-8,11-12H2,1H3,(H2,20,21,23,25)/t16-/m0/s1. The highest BCUT2D eigenvalue weighted by atomic mass is 32.2. The number of nitrogens with zero attached hydrogens (tertiary/aromatic N) is 1. The van der Waals surface area contributed by atoms with Crippen LogP contribution in [0.25, 0.3) is 0 Å². The molecule has 0 bridgehead atoms. The molecule has 0 spiro atoms. The molecule has 0 unspecified atom stereocenters. The predicted molar refractivity (Wildman–Crippen MR) is 103 cm³/mol. The van der Waals surface area contributed by atoms with Gasteiger partial charge in [0.1, 0.15) is 6.04 Å². The van der Waals surface area contributed by atoms with E-state index < -0.39 is 40.6 Å². The highest BCUT2D eigenvalue weighted by Gasteiger charge is 2.38. The molecule has 2 fully saturated rings. The van der Waals surface area contributed by atoms with Gasteiger partial charge in [0.2, 0.25) is 10.0 Å². The molecule has 1 aliphatic carbocycles. The minimum atomic E-state index is -3.87. The van der Waals surface area contributed by atoms with E-state index in [1.807, 2.05) is 6.92 Å². The SMILES string of the molecule is Cc1ccc(S(=O)(=O)N2CCCC[C@H]2C(=O)OCC(=O)NC(=O)NC2CC2)cc1. The predicted octanol–water partition coefficient (Wildman–Crippen LogP) is 1.07. The molecule has 0 aromatic heterocycles. The maximum atomic E-state index is 13.0. The maximum Gasteiger partial charge on any atom is 0.324 e. The number of sulfonamides is 1. The van der Waals surface area contributed by atoms with Gasteiger partial charge < -0.3 is 10.1 Å². The first kappa shape index (κ1) is 21.3. The van der Waals surface area contributed by atoms with Crippen LogP contribution in [0.5, 0.6) is 0 Å². The molecule has 10 heteroatoms. The van der Waals surface area contributed by atoms with Crippen molar-refractivity contribution in [2.45, 2.75) is 56.0 Å². The first-order valence-electron chi connectivity index (χ1n) is 9.63. The van der Waals surface area contributed by atoms with Gasteiger partial charge in [-0.2, -0.15) is 4.31 Å². The summed E-state index contributed by atoms with van der Waals surface area (Å²) in [4.78, 5) is 36.0. The molecule has 1 aliphatic heterocycles. The molecule has 1 aromatic carbocycles. The third-order valence-electron chi connectivity index (χ3n) is 4.86. The van der Waals surface area contributed by atoms with E-state index >= 15 is 0 Å². The van der Waals surface area contributed by atoms with E-state index in [1.54, 1.807) is 12.1 Å². The number of ether oxygens (including phenoxy) is 1. The normalized spacial score (nSPS) is 20.0. The number of carbonyl (C=O) groups excluding carboxylic acids is 3. The van der Waals surface area contributed by atoms with Gasteiger partial charge in [-0.05, 0) is 51.2 Å².